The van der Waals surface area contributed by atoms with Crippen molar-refractivity contribution in [2.45, 2.75) is 78.9 Å². The maximum Gasteiger partial charge on any atom is 0.143 e. The molecule has 0 heterocycles. The number of carbonyl (C=O) groups excluding carboxylic acids is 1. The van der Waals surface area contributed by atoms with Crippen LogP contribution in [0.4, 0.5) is 0 Å². The van der Waals surface area contributed by atoms with Gasteiger partial charge in [-0.15, -0.1) is 0 Å². The van der Waals surface area contributed by atoms with Gasteiger partial charge in [-0.3, -0.25) is 4.79 Å². The van der Waals surface area contributed by atoms with E-state index in [4.69, 9.17) is 4.74 Å². The molecule has 4 unspecified atom stereocenters. The Balaban J connectivity index is 1.96. The second-order valence-electron chi connectivity index (χ2n) is 7.56. The molecule has 2 aliphatic rings. The highest BCUT2D eigenvalue weighted by molar-refractivity contribution is 5.91. The van der Waals surface area contributed by atoms with Gasteiger partial charge in [0.1, 0.15) is 5.78 Å². The Bertz CT molecular complexity index is 334. The van der Waals surface area contributed by atoms with E-state index in [1.54, 1.807) is 0 Å². The van der Waals surface area contributed by atoms with Gasteiger partial charge in [0, 0.05) is 6.42 Å². The highest BCUT2D eigenvalue weighted by Gasteiger charge is 2.51. The Morgan fingerprint density at radius 3 is 2.44 bits per heavy atom. The van der Waals surface area contributed by atoms with Gasteiger partial charge in [0.15, 0.2) is 0 Å². The Labute approximate surface area is 111 Å². The first-order valence-electron chi connectivity index (χ1n) is 7.45. The summed E-state index contributed by atoms with van der Waals surface area (Å²) >= 11 is 0. The molecule has 2 rings (SSSR count). The van der Waals surface area contributed by atoms with Crippen LogP contribution in [0.2, 0.25) is 0 Å². The average Bonchev–Trinajstić information content (AvgIpc) is 2.24. The van der Waals surface area contributed by atoms with Gasteiger partial charge in [0.05, 0.1) is 17.6 Å². The lowest BCUT2D eigenvalue weighted by Gasteiger charge is -2.48. The van der Waals surface area contributed by atoms with Crippen LogP contribution in [-0.4, -0.2) is 18.0 Å². The summed E-state index contributed by atoms with van der Waals surface area (Å²) in [7, 11) is 0. The molecule has 2 saturated carbocycles. The quantitative estimate of drug-likeness (QED) is 0.759. The molecule has 0 aromatic rings. The van der Waals surface area contributed by atoms with Gasteiger partial charge in [-0.2, -0.15) is 0 Å². The summed E-state index contributed by atoms with van der Waals surface area (Å²) in [5, 5.41) is 0. The lowest BCUT2D eigenvalue weighted by atomic mass is 9.64. The van der Waals surface area contributed by atoms with Crippen LogP contribution in [0.5, 0.6) is 0 Å². The first kappa shape index (κ1) is 14.0. The van der Waals surface area contributed by atoms with Gasteiger partial charge in [0.25, 0.3) is 0 Å². The zero-order chi connectivity index (χ0) is 13.6. The molecule has 2 nitrogen and oxygen atoms in total. The van der Waals surface area contributed by atoms with Gasteiger partial charge >= 0.3 is 0 Å². The first-order valence-corrected chi connectivity index (χ1v) is 7.45. The molecule has 0 aromatic heterocycles. The summed E-state index contributed by atoms with van der Waals surface area (Å²) in [6, 6.07) is 0. The van der Waals surface area contributed by atoms with Crippen molar-refractivity contribution in [3.05, 3.63) is 0 Å². The summed E-state index contributed by atoms with van der Waals surface area (Å²) in [6.07, 6.45) is 5.66. The number of ether oxygens (including phenoxy) is 1. The van der Waals surface area contributed by atoms with Crippen LogP contribution in [0.25, 0.3) is 0 Å². The van der Waals surface area contributed by atoms with Gasteiger partial charge in [-0.05, 0) is 37.0 Å². The molecule has 0 aromatic carbocycles. The van der Waals surface area contributed by atoms with Crippen LogP contribution in [0.1, 0.15) is 66.7 Å². The molecule has 0 bridgehead atoms. The highest BCUT2D eigenvalue weighted by atomic mass is 16.5. The Morgan fingerprint density at radius 2 is 1.94 bits per heavy atom. The van der Waals surface area contributed by atoms with E-state index in [1.807, 2.05) is 0 Å². The lowest BCUT2D eigenvalue weighted by Crippen LogP contribution is -2.54. The van der Waals surface area contributed by atoms with E-state index in [1.165, 1.54) is 6.42 Å². The fourth-order valence-corrected chi connectivity index (χ4v) is 3.89. The van der Waals surface area contributed by atoms with Gasteiger partial charge in [0.2, 0.25) is 0 Å². The molecule has 0 amide bonds. The van der Waals surface area contributed by atoms with Gasteiger partial charge in [-0.25, -0.2) is 0 Å². The molecule has 0 saturated heterocycles. The number of rotatable bonds is 3. The summed E-state index contributed by atoms with van der Waals surface area (Å²) in [5.74, 6) is 1.13. The normalized spacial score (nSPS) is 43.6. The van der Waals surface area contributed by atoms with Crippen molar-refractivity contribution in [2.24, 2.45) is 16.7 Å². The molecule has 0 spiro atoms. The van der Waals surface area contributed by atoms with Crippen LogP contribution in [0.15, 0.2) is 0 Å². The van der Waals surface area contributed by atoms with Crippen LogP contribution in [0, 0.1) is 16.7 Å². The van der Waals surface area contributed by atoms with E-state index < -0.39 is 0 Å². The van der Waals surface area contributed by atoms with Crippen LogP contribution >= 0.6 is 0 Å². The van der Waals surface area contributed by atoms with Gasteiger partial charge in [-0.1, -0.05) is 34.6 Å². The number of Topliss-reactive ketones (excluding diaryl/α,β-unsaturated/α-hetero) is 1. The van der Waals surface area contributed by atoms with Crippen molar-refractivity contribution in [1.82, 2.24) is 0 Å². The molecule has 2 fully saturated rings. The van der Waals surface area contributed by atoms with Crippen LogP contribution in [-0.2, 0) is 9.53 Å². The van der Waals surface area contributed by atoms with Crippen LogP contribution < -0.4 is 0 Å². The summed E-state index contributed by atoms with van der Waals surface area (Å²) in [4.78, 5) is 11.7. The zero-order valence-electron chi connectivity index (χ0n) is 12.6. The predicted molar refractivity (Wildman–Crippen MR) is 73.5 cm³/mol. The number of hydrogen-bond acceptors (Lipinski definition) is 2. The summed E-state index contributed by atoms with van der Waals surface area (Å²) < 4.78 is 6.29. The van der Waals surface area contributed by atoms with Crippen molar-refractivity contribution in [1.29, 1.82) is 0 Å². The van der Waals surface area contributed by atoms with Gasteiger partial charge < -0.3 is 4.74 Å². The zero-order valence-corrected chi connectivity index (χ0v) is 12.6. The van der Waals surface area contributed by atoms with E-state index in [9.17, 15) is 4.79 Å². The van der Waals surface area contributed by atoms with E-state index >= 15 is 0 Å². The fraction of sp³-hybridized carbons (Fsp3) is 0.938. The molecule has 0 radical (unpaired) electrons. The smallest absolute Gasteiger partial charge is 0.143 e. The lowest BCUT2D eigenvalue weighted by molar-refractivity contribution is -0.176. The van der Waals surface area contributed by atoms with E-state index in [-0.39, 0.29) is 11.5 Å². The van der Waals surface area contributed by atoms with Crippen molar-refractivity contribution in [3.63, 3.8) is 0 Å². The second-order valence-corrected chi connectivity index (χ2v) is 7.56. The highest BCUT2D eigenvalue weighted by Crippen LogP contribution is 2.46. The molecule has 0 N–H and O–H groups in total. The molecular formula is C16H28O2. The maximum atomic E-state index is 11.7. The van der Waals surface area contributed by atoms with Crippen molar-refractivity contribution in [2.75, 3.05) is 0 Å². The Hall–Kier alpha value is -0.370. The van der Waals surface area contributed by atoms with E-state index in [0.717, 1.165) is 25.2 Å². The summed E-state index contributed by atoms with van der Waals surface area (Å²) in [6.45, 7) is 11.2. The van der Waals surface area contributed by atoms with Crippen molar-refractivity contribution >= 4 is 5.78 Å². The maximum absolute atomic E-state index is 11.7. The molecule has 4 atom stereocenters. The van der Waals surface area contributed by atoms with Crippen molar-refractivity contribution < 1.29 is 9.53 Å². The molecule has 104 valence electrons. The minimum absolute atomic E-state index is 0.168. The van der Waals surface area contributed by atoms with Crippen LogP contribution in [0.3, 0.4) is 0 Å². The number of carbonyl (C=O) groups is 1. The summed E-state index contributed by atoms with van der Waals surface area (Å²) in [5.41, 5.74) is 0.184. The monoisotopic (exact) mass is 252 g/mol. The van der Waals surface area contributed by atoms with Crippen molar-refractivity contribution in [3.8, 4) is 0 Å². The van der Waals surface area contributed by atoms with E-state index in [2.05, 4.69) is 34.6 Å². The Morgan fingerprint density at radius 1 is 1.28 bits per heavy atom. The first-order chi connectivity index (χ1) is 8.27. The third kappa shape index (κ3) is 2.49. The molecule has 2 aliphatic carbocycles. The molecular weight excluding hydrogens is 224 g/mol. The molecule has 18 heavy (non-hydrogen) atoms. The standard InChI is InChI=1S/C16H28O2/c1-6-16(5)13(17)8-14(16)18-12-7-11(2)9-15(3,4)10-12/h11-12,14H,6-10H2,1-5H3. The van der Waals surface area contributed by atoms with E-state index in [0.29, 0.717) is 23.7 Å². The minimum Gasteiger partial charge on any atom is -0.373 e. The third-order valence-corrected chi connectivity index (χ3v) is 5.16. The average molecular weight is 252 g/mol. The third-order valence-electron chi connectivity index (χ3n) is 5.16. The largest absolute Gasteiger partial charge is 0.373 e. The molecule has 2 heteroatoms. The fourth-order valence-electron chi connectivity index (χ4n) is 3.89. The molecule has 0 aliphatic heterocycles. The number of hydrogen-bond donors (Lipinski definition) is 0. The second kappa shape index (κ2) is 4.63. The minimum atomic E-state index is -0.204. The number of ketones is 1. The predicted octanol–water partition coefficient (Wildman–Crippen LogP) is 3.98. The SMILES string of the molecule is CCC1(C)C(=O)CC1OC1CC(C)CC(C)(C)C1. The topological polar surface area (TPSA) is 26.3 Å². The Kier molecular flexibility index (Phi) is 3.61.